The van der Waals surface area contributed by atoms with Crippen LogP contribution in [0.5, 0.6) is 0 Å². The number of pyridine rings is 1. The number of benzene rings is 2. The highest BCUT2D eigenvalue weighted by Crippen LogP contribution is 2.39. The van der Waals surface area contributed by atoms with Gasteiger partial charge in [-0.25, -0.2) is 13.3 Å². The van der Waals surface area contributed by atoms with Crippen molar-refractivity contribution in [1.82, 2.24) is 4.98 Å². The molecule has 7 heteroatoms. The zero-order valence-electron chi connectivity index (χ0n) is 14.9. The van der Waals surface area contributed by atoms with E-state index >= 15 is 0 Å². The fraction of sp³-hybridized carbons (Fsp3) is 0.200. The lowest BCUT2D eigenvalue weighted by molar-refractivity contribution is 0.593. The summed E-state index contributed by atoms with van der Waals surface area (Å²) in [5.41, 5.74) is 3.21. The fourth-order valence-corrected chi connectivity index (χ4v) is 5.53. The molecule has 0 fully saturated rings. The van der Waals surface area contributed by atoms with Crippen LogP contribution in [0.15, 0.2) is 46.2 Å². The Hall–Kier alpha value is -3.11. The highest BCUT2D eigenvalue weighted by Gasteiger charge is 2.33. The number of anilines is 1. The van der Waals surface area contributed by atoms with Crippen LogP contribution >= 0.6 is 0 Å². The van der Waals surface area contributed by atoms with Gasteiger partial charge >= 0.3 is 0 Å². The molecule has 3 aromatic rings. The van der Waals surface area contributed by atoms with Crippen LogP contribution in [0.4, 0.5) is 11.4 Å². The smallest absolute Gasteiger partial charge is 0.264 e. The number of rotatable bonds is 2. The molecule has 1 aliphatic heterocycles. The molecule has 136 valence electrons. The number of aromatic nitrogens is 1. The molecule has 0 aliphatic carbocycles. The largest absolute Gasteiger partial charge is 0.328 e. The summed E-state index contributed by atoms with van der Waals surface area (Å²) in [6.45, 7) is 11.3. The van der Waals surface area contributed by atoms with Crippen LogP contribution in [0.1, 0.15) is 16.7 Å². The molecule has 0 amide bonds. The molecule has 0 saturated heterocycles. The van der Waals surface area contributed by atoms with Crippen molar-refractivity contribution in [3.63, 3.8) is 0 Å². The van der Waals surface area contributed by atoms with Crippen LogP contribution in [0.3, 0.4) is 0 Å². The first kappa shape index (κ1) is 17.3. The number of nitrogens with zero attached hydrogens (tertiary/aromatic N) is 2. The molecule has 2 aromatic carbocycles. The number of sulfonamides is 1. The van der Waals surface area contributed by atoms with Gasteiger partial charge in [0.2, 0.25) is 0 Å². The van der Waals surface area contributed by atoms with Crippen molar-refractivity contribution in [3.05, 3.63) is 75.0 Å². The Morgan fingerprint density at radius 3 is 2.70 bits per heavy atom. The summed E-state index contributed by atoms with van der Waals surface area (Å²) in [4.78, 5) is 18.4. The molecule has 0 saturated carbocycles. The van der Waals surface area contributed by atoms with Gasteiger partial charge in [0, 0.05) is 29.2 Å². The average Bonchev–Trinajstić information content (AvgIpc) is 3.09. The van der Waals surface area contributed by atoms with E-state index in [0.29, 0.717) is 40.7 Å². The summed E-state index contributed by atoms with van der Waals surface area (Å²) in [5.74, 6) is 0. The zero-order valence-corrected chi connectivity index (χ0v) is 15.7. The van der Waals surface area contributed by atoms with Crippen LogP contribution < -0.4 is 9.86 Å². The summed E-state index contributed by atoms with van der Waals surface area (Å²) in [6.07, 6.45) is 2.13. The van der Waals surface area contributed by atoms with Gasteiger partial charge in [-0.05, 0) is 49.6 Å². The van der Waals surface area contributed by atoms with E-state index in [1.807, 2.05) is 6.92 Å². The van der Waals surface area contributed by atoms with Crippen molar-refractivity contribution in [1.29, 1.82) is 0 Å². The highest BCUT2D eigenvalue weighted by molar-refractivity contribution is 7.93. The minimum Gasteiger partial charge on any atom is -0.328 e. The van der Waals surface area contributed by atoms with Crippen LogP contribution in [0.2, 0.25) is 0 Å². The first-order chi connectivity index (χ1) is 12.8. The number of aryl methyl sites for hydroxylation is 2. The molecular formula is C20H17N3O3S. The normalized spacial score (nSPS) is 13.6. The van der Waals surface area contributed by atoms with Crippen molar-refractivity contribution in [3.8, 4) is 0 Å². The van der Waals surface area contributed by atoms with Gasteiger partial charge in [-0.3, -0.25) is 9.10 Å². The lowest BCUT2D eigenvalue weighted by Gasteiger charge is -2.21. The first-order valence-corrected chi connectivity index (χ1v) is 9.93. The first-order valence-electron chi connectivity index (χ1n) is 8.49. The summed E-state index contributed by atoms with van der Waals surface area (Å²) in [5, 5.41) is 0.786. The second-order valence-electron chi connectivity index (χ2n) is 6.68. The molecule has 0 spiro atoms. The molecule has 1 aliphatic rings. The third kappa shape index (κ3) is 2.53. The van der Waals surface area contributed by atoms with E-state index in [4.69, 9.17) is 6.57 Å². The van der Waals surface area contributed by atoms with E-state index in [1.165, 1.54) is 16.6 Å². The minimum absolute atomic E-state index is 0.113. The van der Waals surface area contributed by atoms with Gasteiger partial charge in [-0.15, -0.1) is 0 Å². The Balaban J connectivity index is 1.98. The fourth-order valence-electron chi connectivity index (χ4n) is 3.76. The summed E-state index contributed by atoms with van der Waals surface area (Å²) >= 11 is 0. The summed E-state index contributed by atoms with van der Waals surface area (Å²) in [7, 11) is -3.88. The average molecular weight is 379 g/mol. The molecule has 0 unspecified atom stereocenters. The van der Waals surface area contributed by atoms with Crippen molar-refractivity contribution in [2.75, 3.05) is 10.8 Å². The van der Waals surface area contributed by atoms with Gasteiger partial charge in [-0.2, -0.15) is 0 Å². The van der Waals surface area contributed by atoms with Crippen LogP contribution in [-0.4, -0.2) is 19.9 Å². The maximum atomic E-state index is 13.5. The third-order valence-corrected chi connectivity index (χ3v) is 6.91. The lowest BCUT2D eigenvalue weighted by atomic mass is 10.1. The van der Waals surface area contributed by atoms with Gasteiger partial charge in [-0.1, -0.05) is 17.7 Å². The van der Waals surface area contributed by atoms with Gasteiger partial charge in [0.25, 0.3) is 15.6 Å². The lowest BCUT2D eigenvalue weighted by Crippen LogP contribution is -2.29. The standard InChI is InChI=1S/C20H17N3O3S/c1-12-9-14(21-3)10-17-15(12)7-8-23(17)27(25,26)18-6-4-5-16-19(18)13(2)11-22-20(16)24/h4-6,9-11H,7-8H2,1-2H3,(H,22,24). The number of fused-ring (bicyclic) bond motifs is 2. The number of H-pyrrole nitrogens is 1. The minimum atomic E-state index is -3.88. The predicted octanol–water partition coefficient (Wildman–Crippen LogP) is 3.45. The summed E-state index contributed by atoms with van der Waals surface area (Å²) < 4.78 is 28.4. The molecular weight excluding hydrogens is 362 g/mol. The van der Waals surface area contributed by atoms with Crippen LogP contribution in [0.25, 0.3) is 15.6 Å². The number of hydrogen-bond acceptors (Lipinski definition) is 3. The second-order valence-corrected chi connectivity index (χ2v) is 8.51. The van der Waals surface area contributed by atoms with Gasteiger partial charge in [0.1, 0.15) is 0 Å². The Bertz CT molecular complexity index is 1300. The zero-order chi connectivity index (χ0) is 19.3. The Morgan fingerprint density at radius 1 is 1.19 bits per heavy atom. The molecule has 1 aromatic heterocycles. The quantitative estimate of drug-likeness (QED) is 0.693. The Kier molecular flexibility index (Phi) is 3.82. The molecule has 6 nitrogen and oxygen atoms in total. The predicted molar refractivity (Wildman–Crippen MR) is 105 cm³/mol. The second kappa shape index (κ2) is 5.96. The number of hydrogen-bond donors (Lipinski definition) is 1. The van der Waals surface area contributed by atoms with E-state index in [1.54, 1.807) is 31.2 Å². The molecule has 0 radical (unpaired) electrons. The van der Waals surface area contributed by atoms with Crippen molar-refractivity contribution in [2.45, 2.75) is 25.2 Å². The van der Waals surface area contributed by atoms with Gasteiger partial charge in [0.05, 0.1) is 11.5 Å². The Labute approximate surface area is 156 Å². The highest BCUT2D eigenvalue weighted by atomic mass is 32.2. The van der Waals surface area contributed by atoms with Crippen molar-refractivity contribution < 1.29 is 8.42 Å². The van der Waals surface area contributed by atoms with Crippen molar-refractivity contribution in [2.24, 2.45) is 0 Å². The van der Waals surface area contributed by atoms with Crippen molar-refractivity contribution >= 4 is 32.2 Å². The third-order valence-electron chi connectivity index (χ3n) is 5.05. The van der Waals surface area contributed by atoms with E-state index in [9.17, 15) is 13.2 Å². The molecule has 27 heavy (non-hydrogen) atoms. The molecule has 0 atom stereocenters. The van der Waals surface area contributed by atoms with E-state index in [2.05, 4.69) is 9.83 Å². The molecule has 4 rings (SSSR count). The monoisotopic (exact) mass is 379 g/mol. The molecule has 0 bridgehead atoms. The number of nitrogens with one attached hydrogen (secondary N) is 1. The van der Waals surface area contributed by atoms with Crippen LogP contribution in [0, 0.1) is 20.4 Å². The van der Waals surface area contributed by atoms with Crippen LogP contribution in [-0.2, 0) is 16.4 Å². The van der Waals surface area contributed by atoms with E-state index in [-0.39, 0.29) is 10.5 Å². The maximum absolute atomic E-state index is 13.5. The topological polar surface area (TPSA) is 74.6 Å². The van der Waals surface area contributed by atoms with E-state index in [0.717, 1.165) is 11.1 Å². The summed E-state index contributed by atoms with van der Waals surface area (Å²) in [6, 6.07) is 8.16. The van der Waals surface area contributed by atoms with Gasteiger partial charge < -0.3 is 4.98 Å². The number of aromatic amines is 1. The Morgan fingerprint density at radius 2 is 1.96 bits per heavy atom. The van der Waals surface area contributed by atoms with E-state index < -0.39 is 10.0 Å². The maximum Gasteiger partial charge on any atom is 0.264 e. The molecule has 2 heterocycles. The van der Waals surface area contributed by atoms with Gasteiger partial charge in [0.15, 0.2) is 5.69 Å². The molecule has 1 N–H and O–H groups in total. The SMILES string of the molecule is [C-]#[N+]c1cc(C)c2c(c1)N(S(=O)(=O)c1cccc3c(=O)[nH]cc(C)c13)CC2.